The standard InChI is InChI=1S/C8H15NO/c1-7(2)4-5-10-8(3)6-9/h7-8H,4-5H2,1-3H3. The Morgan fingerprint density at radius 2 is 2.00 bits per heavy atom. The Labute approximate surface area is 62.8 Å². The maximum atomic E-state index is 8.33. The smallest absolute Gasteiger partial charge is 0.141 e. The first-order valence-electron chi connectivity index (χ1n) is 3.68. The summed E-state index contributed by atoms with van der Waals surface area (Å²) in [5.74, 6) is 0.658. The highest BCUT2D eigenvalue weighted by atomic mass is 16.5. The molecule has 0 rings (SSSR count). The van der Waals surface area contributed by atoms with E-state index in [9.17, 15) is 0 Å². The largest absolute Gasteiger partial charge is 0.364 e. The Hall–Kier alpha value is -0.550. The molecule has 10 heavy (non-hydrogen) atoms. The van der Waals surface area contributed by atoms with Crippen molar-refractivity contribution in [2.75, 3.05) is 6.61 Å². The second-order valence-electron chi connectivity index (χ2n) is 2.82. The molecule has 2 nitrogen and oxygen atoms in total. The first-order chi connectivity index (χ1) is 4.66. The Bertz CT molecular complexity index is 115. The van der Waals surface area contributed by atoms with Crippen molar-refractivity contribution in [3.63, 3.8) is 0 Å². The van der Waals surface area contributed by atoms with Crippen LogP contribution in [0.15, 0.2) is 0 Å². The molecule has 0 amide bonds. The number of hydrogen-bond acceptors (Lipinski definition) is 2. The zero-order chi connectivity index (χ0) is 7.98. The lowest BCUT2D eigenvalue weighted by molar-refractivity contribution is 0.0931. The second kappa shape index (κ2) is 5.25. The van der Waals surface area contributed by atoms with E-state index in [1.54, 1.807) is 6.92 Å². The van der Waals surface area contributed by atoms with Gasteiger partial charge in [0.2, 0.25) is 0 Å². The number of nitrogens with zero attached hydrogens (tertiary/aromatic N) is 1. The molecule has 1 unspecified atom stereocenters. The minimum atomic E-state index is -0.251. The maximum Gasteiger partial charge on any atom is 0.141 e. The van der Waals surface area contributed by atoms with Crippen LogP contribution in [0.3, 0.4) is 0 Å². The van der Waals surface area contributed by atoms with E-state index in [4.69, 9.17) is 10.00 Å². The summed E-state index contributed by atoms with van der Waals surface area (Å²) >= 11 is 0. The fourth-order valence-corrected chi connectivity index (χ4v) is 0.518. The molecule has 0 bridgehead atoms. The molecule has 0 heterocycles. The predicted molar refractivity (Wildman–Crippen MR) is 40.5 cm³/mol. The van der Waals surface area contributed by atoms with Gasteiger partial charge < -0.3 is 4.74 Å². The molecule has 58 valence electrons. The highest BCUT2D eigenvalue weighted by Crippen LogP contribution is 2.00. The molecule has 0 spiro atoms. The molecular weight excluding hydrogens is 126 g/mol. The van der Waals surface area contributed by atoms with E-state index in [1.807, 2.05) is 6.07 Å². The summed E-state index contributed by atoms with van der Waals surface area (Å²) < 4.78 is 5.14. The summed E-state index contributed by atoms with van der Waals surface area (Å²) in [6, 6.07) is 2.02. The van der Waals surface area contributed by atoms with E-state index in [0.717, 1.165) is 6.42 Å². The van der Waals surface area contributed by atoms with E-state index in [-0.39, 0.29) is 6.10 Å². The van der Waals surface area contributed by atoms with Gasteiger partial charge in [-0.3, -0.25) is 0 Å². The normalized spacial score (nSPS) is 13.1. The van der Waals surface area contributed by atoms with Crippen molar-refractivity contribution >= 4 is 0 Å². The van der Waals surface area contributed by atoms with E-state index in [2.05, 4.69) is 13.8 Å². The first kappa shape index (κ1) is 9.45. The topological polar surface area (TPSA) is 33.0 Å². The summed E-state index contributed by atoms with van der Waals surface area (Å²) in [4.78, 5) is 0. The van der Waals surface area contributed by atoms with E-state index >= 15 is 0 Å². The van der Waals surface area contributed by atoms with Crippen LogP contribution >= 0.6 is 0 Å². The van der Waals surface area contributed by atoms with Gasteiger partial charge in [0.15, 0.2) is 0 Å². The zero-order valence-electron chi connectivity index (χ0n) is 6.92. The average molecular weight is 141 g/mol. The van der Waals surface area contributed by atoms with Crippen molar-refractivity contribution in [2.45, 2.75) is 33.3 Å². The fourth-order valence-electron chi connectivity index (χ4n) is 0.518. The monoisotopic (exact) mass is 141 g/mol. The summed E-state index contributed by atoms with van der Waals surface area (Å²) in [7, 11) is 0. The number of hydrogen-bond donors (Lipinski definition) is 0. The van der Waals surface area contributed by atoms with Crippen molar-refractivity contribution in [3.05, 3.63) is 0 Å². The van der Waals surface area contributed by atoms with Gasteiger partial charge in [0.05, 0.1) is 6.07 Å². The van der Waals surface area contributed by atoms with Crippen molar-refractivity contribution in [3.8, 4) is 6.07 Å². The summed E-state index contributed by atoms with van der Waals surface area (Å²) in [5.41, 5.74) is 0. The molecule has 0 aromatic carbocycles. The number of ether oxygens (including phenoxy) is 1. The highest BCUT2D eigenvalue weighted by molar-refractivity contribution is 4.78. The molecule has 0 saturated carbocycles. The molecule has 0 aromatic rings. The third-order valence-electron chi connectivity index (χ3n) is 1.24. The van der Waals surface area contributed by atoms with Crippen molar-refractivity contribution < 1.29 is 4.74 Å². The third kappa shape index (κ3) is 5.58. The van der Waals surface area contributed by atoms with Crippen LogP contribution in [-0.4, -0.2) is 12.7 Å². The molecular formula is C8H15NO. The van der Waals surface area contributed by atoms with E-state index in [1.165, 1.54) is 0 Å². The van der Waals surface area contributed by atoms with E-state index < -0.39 is 0 Å². The minimum absolute atomic E-state index is 0.251. The first-order valence-corrected chi connectivity index (χ1v) is 3.68. The predicted octanol–water partition coefficient (Wildman–Crippen LogP) is 1.96. The van der Waals surface area contributed by atoms with Crippen LogP contribution in [0.25, 0.3) is 0 Å². The van der Waals surface area contributed by atoms with Gasteiger partial charge >= 0.3 is 0 Å². The third-order valence-corrected chi connectivity index (χ3v) is 1.24. The maximum absolute atomic E-state index is 8.33. The second-order valence-corrected chi connectivity index (χ2v) is 2.82. The fraction of sp³-hybridized carbons (Fsp3) is 0.875. The number of nitriles is 1. The quantitative estimate of drug-likeness (QED) is 0.599. The molecule has 0 aliphatic heterocycles. The van der Waals surface area contributed by atoms with Crippen LogP contribution in [0, 0.1) is 17.2 Å². The van der Waals surface area contributed by atoms with Crippen LogP contribution in [0.2, 0.25) is 0 Å². The van der Waals surface area contributed by atoms with Gasteiger partial charge in [-0.15, -0.1) is 0 Å². The van der Waals surface area contributed by atoms with Gasteiger partial charge in [-0.1, -0.05) is 13.8 Å². The van der Waals surface area contributed by atoms with E-state index in [0.29, 0.717) is 12.5 Å². The Kier molecular flexibility index (Phi) is 4.96. The lowest BCUT2D eigenvalue weighted by Gasteiger charge is -2.06. The van der Waals surface area contributed by atoms with Gasteiger partial charge in [0.25, 0.3) is 0 Å². The molecule has 0 saturated heterocycles. The van der Waals surface area contributed by atoms with Crippen molar-refractivity contribution in [2.24, 2.45) is 5.92 Å². The molecule has 1 atom stereocenters. The lowest BCUT2D eigenvalue weighted by atomic mass is 10.1. The summed E-state index contributed by atoms with van der Waals surface area (Å²) in [5, 5.41) is 8.33. The van der Waals surface area contributed by atoms with Gasteiger partial charge in [0.1, 0.15) is 6.10 Å². The van der Waals surface area contributed by atoms with Crippen LogP contribution in [0.1, 0.15) is 27.2 Å². The SMILES string of the molecule is CC(C)CCOC(C)C#N. The summed E-state index contributed by atoms with van der Waals surface area (Å²) in [6.07, 6.45) is 0.783. The molecule has 0 aromatic heterocycles. The molecule has 0 N–H and O–H groups in total. The number of rotatable bonds is 4. The zero-order valence-corrected chi connectivity index (χ0v) is 6.92. The Morgan fingerprint density at radius 3 is 2.40 bits per heavy atom. The van der Waals surface area contributed by atoms with Crippen molar-refractivity contribution in [1.29, 1.82) is 5.26 Å². The van der Waals surface area contributed by atoms with Crippen LogP contribution in [0.4, 0.5) is 0 Å². The molecule has 2 heteroatoms. The lowest BCUT2D eigenvalue weighted by Crippen LogP contribution is -2.07. The van der Waals surface area contributed by atoms with Gasteiger partial charge in [-0.2, -0.15) is 5.26 Å². The van der Waals surface area contributed by atoms with Crippen molar-refractivity contribution in [1.82, 2.24) is 0 Å². The molecule has 0 aliphatic carbocycles. The molecule has 0 radical (unpaired) electrons. The summed E-state index contributed by atoms with van der Waals surface area (Å²) in [6.45, 7) is 6.74. The van der Waals surface area contributed by atoms with Crippen LogP contribution < -0.4 is 0 Å². The van der Waals surface area contributed by atoms with Gasteiger partial charge in [-0.05, 0) is 19.3 Å². The van der Waals surface area contributed by atoms with Crippen LogP contribution in [0.5, 0.6) is 0 Å². The molecule has 0 fully saturated rings. The van der Waals surface area contributed by atoms with Gasteiger partial charge in [-0.25, -0.2) is 0 Å². The average Bonchev–Trinajstić information content (AvgIpc) is 1.87. The van der Waals surface area contributed by atoms with Crippen LogP contribution in [-0.2, 0) is 4.74 Å². The Morgan fingerprint density at radius 1 is 1.40 bits per heavy atom. The minimum Gasteiger partial charge on any atom is -0.364 e. The highest BCUT2D eigenvalue weighted by Gasteiger charge is 1.98. The van der Waals surface area contributed by atoms with Gasteiger partial charge in [0, 0.05) is 6.61 Å². The Balaban J connectivity index is 3.13. The molecule has 0 aliphatic rings.